The minimum Gasteiger partial charge on any atom is -0.493 e. The first kappa shape index (κ1) is 25.8. The van der Waals surface area contributed by atoms with E-state index >= 15 is 0 Å². The van der Waals surface area contributed by atoms with Crippen molar-refractivity contribution in [2.24, 2.45) is 0 Å². The molecule has 1 heterocycles. The minimum absolute atomic E-state index is 0.135. The van der Waals surface area contributed by atoms with E-state index in [1.54, 1.807) is 12.0 Å². The molecule has 36 heavy (non-hydrogen) atoms. The van der Waals surface area contributed by atoms with Gasteiger partial charge >= 0.3 is 0 Å². The molecule has 0 bridgehead atoms. The molecular formula is C29H29NO4S2. The zero-order chi connectivity index (χ0) is 25.7. The van der Waals surface area contributed by atoms with Gasteiger partial charge in [-0.05, 0) is 65.9 Å². The highest BCUT2D eigenvalue weighted by molar-refractivity contribution is 8.27. The standard InChI is InChI=1S/C29H29NO4S2/c1-19(2)23-12-10-20(3)16-25(23)34-15-14-33-24-13-11-21(17-26(24)32-4)18-27-28(31)30(29(35)36-27)22-8-6-5-7-9-22/h5-13,16-19H,14-15H2,1-4H3. The summed E-state index contributed by atoms with van der Waals surface area (Å²) in [5.74, 6) is 2.33. The molecule has 0 aliphatic carbocycles. The van der Waals surface area contributed by atoms with Crippen molar-refractivity contribution in [1.82, 2.24) is 0 Å². The second kappa shape index (κ2) is 11.6. The van der Waals surface area contributed by atoms with E-state index in [1.807, 2.05) is 54.6 Å². The molecule has 186 valence electrons. The van der Waals surface area contributed by atoms with Crippen LogP contribution in [-0.4, -0.2) is 30.6 Å². The molecule has 1 amide bonds. The summed E-state index contributed by atoms with van der Waals surface area (Å²) in [5, 5.41) is 0. The number of anilines is 1. The molecule has 4 rings (SSSR count). The van der Waals surface area contributed by atoms with Crippen molar-refractivity contribution in [3.63, 3.8) is 0 Å². The monoisotopic (exact) mass is 519 g/mol. The van der Waals surface area contributed by atoms with Gasteiger partial charge in [-0.25, -0.2) is 0 Å². The van der Waals surface area contributed by atoms with Crippen LogP contribution in [0.15, 0.2) is 71.6 Å². The number of hydrogen-bond donors (Lipinski definition) is 0. The lowest BCUT2D eigenvalue weighted by Crippen LogP contribution is -2.27. The number of benzene rings is 3. The maximum atomic E-state index is 13.0. The normalized spacial score (nSPS) is 14.6. The van der Waals surface area contributed by atoms with Gasteiger partial charge in [0, 0.05) is 0 Å². The van der Waals surface area contributed by atoms with Crippen LogP contribution in [0.5, 0.6) is 17.2 Å². The van der Waals surface area contributed by atoms with Gasteiger partial charge in [-0.1, -0.05) is 74.2 Å². The maximum Gasteiger partial charge on any atom is 0.270 e. The summed E-state index contributed by atoms with van der Waals surface area (Å²) in [6.45, 7) is 7.15. The minimum atomic E-state index is -0.135. The summed E-state index contributed by atoms with van der Waals surface area (Å²) in [5.41, 5.74) is 3.93. The predicted molar refractivity (Wildman–Crippen MR) is 151 cm³/mol. The van der Waals surface area contributed by atoms with E-state index in [4.69, 9.17) is 26.4 Å². The molecule has 1 aliphatic rings. The number of nitrogens with zero attached hydrogens (tertiary/aromatic N) is 1. The van der Waals surface area contributed by atoms with Crippen molar-refractivity contribution in [3.8, 4) is 17.2 Å². The number of thioether (sulfide) groups is 1. The van der Waals surface area contributed by atoms with E-state index in [1.165, 1.54) is 17.3 Å². The van der Waals surface area contributed by atoms with E-state index in [0.717, 1.165) is 22.6 Å². The van der Waals surface area contributed by atoms with Crippen LogP contribution in [0.25, 0.3) is 6.08 Å². The van der Waals surface area contributed by atoms with Crippen molar-refractivity contribution in [2.75, 3.05) is 25.2 Å². The summed E-state index contributed by atoms with van der Waals surface area (Å²) in [7, 11) is 1.60. The molecule has 0 unspecified atom stereocenters. The van der Waals surface area contributed by atoms with Gasteiger partial charge in [0.05, 0.1) is 17.7 Å². The number of rotatable bonds is 9. The third-order valence-corrected chi connectivity index (χ3v) is 6.99. The van der Waals surface area contributed by atoms with Crippen LogP contribution in [0.3, 0.4) is 0 Å². The molecule has 3 aromatic carbocycles. The Balaban J connectivity index is 1.41. The van der Waals surface area contributed by atoms with Crippen LogP contribution in [0, 0.1) is 6.92 Å². The number of thiocarbonyl (C=S) groups is 1. The van der Waals surface area contributed by atoms with Crippen LogP contribution >= 0.6 is 24.0 Å². The highest BCUT2D eigenvalue weighted by Crippen LogP contribution is 2.37. The van der Waals surface area contributed by atoms with Gasteiger partial charge in [-0.2, -0.15) is 0 Å². The molecule has 5 nitrogen and oxygen atoms in total. The lowest BCUT2D eigenvalue weighted by Gasteiger charge is -2.16. The van der Waals surface area contributed by atoms with E-state index in [2.05, 4.69) is 39.0 Å². The summed E-state index contributed by atoms with van der Waals surface area (Å²) < 4.78 is 18.0. The van der Waals surface area contributed by atoms with Crippen molar-refractivity contribution in [3.05, 3.63) is 88.3 Å². The molecule has 1 saturated heterocycles. The number of amides is 1. The second-order valence-electron chi connectivity index (χ2n) is 8.66. The quantitative estimate of drug-likeness (QED) is 0.172. The number of carbonyl (C=O) groups is 1. The summed E-state index contributed by atoms with van der Waals surface area (Å²) in [6.07, 6.45) is 1.82. The van der Waals surface area contributed by atoms with Crippen molar-refractivity contribution < 1.29 is 19.0 Å². The average molecular weight is 520 g/mol. The highest BCUT2D eigenvalue weighted by atomic mass is 32.2. The first-order valence-electron chi connectivity index (χ1n) is 11.7. The smallest absolute Gasteiger partial charge is 0.270 e. The maximum absolute atomic E-state index is 13.0. The third kappa shape index (κ3) is 5.91. The third-order valence-electron chi connectivity index (χ3n) is 5.68. The molecule has 0 atom stereocenters. The van der Waals surface area contributed by atoms with Gasteiger partial charge in [0.1, 0.15) is 19.0 Å². The van der Waals surface area contributed by atoms with Crippen molar-refractivity contribution in [1.29, 1.82) is 0 Å². The highest BCUT2D eigenvalue weighted by Gasteiger charge is 2.33. The molecule has 0 radical (unpaired) electrons. The SMILES string of the molecule is COc1cc(C=C2SC(=S)N(c3ccccc3)C2=O)ccc1OCCOc1cc(C)ccc1C(C)C. The molecular weight excluding hydrogens is 490 g/mol. The predicted octanol–water partition coefficient (Wildman–Crippen LogP) is 6.99. The Bertz CT molecular complexity index is 1290. The Hall–Kier alpha value is -3.29. The average Bonchev–Trinajstić information content (AvgIpc) is 3.15. The van der Waals surface area contributed by atoms with Crippen LogP contribution in [0.4, 0.5) is 5.69 Å². The number of aryl methyl sites for hydroxylation is 1. The zero-order valence-corrected chi connectivity index (χ0v) is 22.4. The van der Waals surface area contributed by atoms with Gasteiger partial charge in [0.25, 0.3) is 5.91 Å². The molecule has 1 fully saturated rings. The van der Waals surface area contributed by atoms with Crippen LogP contribution in [0.1, 0.15) is 36.5 Å². The summed E-state index contributed by atoms with van der Waals surface area (Å²) >= 11 is 6.74. The van der Waals surface area contributed by atoms with Gasteiger partial charge < -0.3 is 14.2 Å². The van der Waals surface area contributed by atoms with E-state index in [0.29, 0.717) is 39.9 Å². The Morgan fingerprint density at radius 2 is 1.67 bits per heavy atom. The zero-order valence-electron chi connectivity index (χ0n) is 20.8. The summed E-state index contributed by atoms with van der Waals surface area (Å²) in [6, 6.07) is 21.3. The van der Waals surface area contributed by atoms with Crippen LogP contribution in [0.2, 0.25) is 0 Å². The van der Waals surface area contributed by atoms with Gasteiger partial charge in [0.2, 0.25) is 0 Å². The Morgan fingerprint density at radius 1 is 0.944 bits per heavy atom. The fraction of sp³-hybridized carbons (Fsp3) is 0.241. The topological polar surface area (TPSA) is 48.0 Å². The summed E-state index contributed by atoms with van der Waals surface area (Å²) in [4.78, 5) is 15.1. The number of hydrogen-bond acceptors (Lipinski definition) is 6. The lowest BCUT2D eigenvalue weighted by molar-refractivity contribution is -0.113. The number of methoxy groups -OCH3 is 1. The fourth-order valence-electron chi connectivity index (χ4n) is 3.86. The van der Waals surface area contributed by atoms with Gasteiger partial charge in [0.15, 0.2) is 15.8 Å². The molecule has 0 aromatic heterocycles. The van der Waals surface area contributed by atoms with Crippen molar-refractivity contribution >= 4 is 46.0 Å². The molecule has 0 spiro atoms. The van der Waals surface area contributed by atoms with Crippen LogP contribution < -0.4 is 19.1 Å². The second-order valence-corrected chi connectivity index (χ2v) is 10.3. The van der Waals surface area contributed by atoms with E-state index < -0.39 is 0 Å². The number of para-hydroxylation sites is 1. The Morgan fingerprint density at radius 3 is 2.36 bits per heavy atom. The molecule has 0 saturated carbocycles. The molecule has 7 heteroatoms. The molecule has 3 aromatic rings. The molecule has 1 aliphatic heterocycles. The largest absolute Gasteiger partial charge is 0.493 e. The fourth-order valence-corrected chi connectivity index (χ4v) is 5.16. The van der Waals surface area contributed by atoms with E-state index in [9.17, 15) is 4.79 Å². The Kier molecular flexibility index (Phi) is 8.33. The van der Waals surface area contributed by atoms with Gasteiger partial charge in [-0.3, -0.25) is 9.69 Å². The first-order valence-corrected chi connectivity index (χ1v) is 13.0. The number of ether oxygens (including phenoxy) is 3. The van der Waals surface area contributed by atoms with E-state index in [-0.39, 0.29) is 5.91 Å². The van der Waals surface area contributed by atoms with Crippen molar-refractivity contribution in [2.45, 2.75) is 26.7 Å². The Labute approximate surface area is 222 Å². The number of carbonyl (C=O) groups excluding carboxylic acids is 1. The van der Waals surface area contributed by atoms with Gasteiger partial charge in [-0.15, -0.1) is 0 Å². The first-order chi connectivity index (χ1) is 17.4. The van der Waals surface area contributed by atoms with Crippen LogP contribution in [-0.2, 0) is 4.79 Å². The lowest BCUT2D eigenvalue weighted by atomic mass is 10.0. The molecule has 0 N–H and O–H groups in total.